The van der Waals surface area contributed by atoms with Gasteiger partial charge in [-0.1, -0.05) is 29.8 Å². The predicted octanol–water partition coefficient (Wildman–Crippen LogP) is 5.18. The van der Waals surface area contributed by atoms with E-state index in [1.807, 2.05) is 29.7 Å². The molecule has 1 atom stereocenters. The van der Waals surface area contributed by atoms with E-state index in [-0.39, 0.29) is 17.7 Å². The molecule has 3 aromatic rings. The number of halogens is 3. The molecule has 0 saturated heterocycles. The van der Waals surface area contributed by atoms with Gasteiger partial charge in [-0.2, -0.15) is 0 Å². The lowest BCUT2D eigenvalue weighted by atomic mass is 10.1. The Morgan fingerprint density at radius 1 is 1.19 bits per heavy atom. The van der Waals surface area contributed by atoms with E-state index in [9.17, 15) is 4.39 Å². The Kier molecular flexibility index (Phi) is 3.87. The summed E-state index contributed by atoms with van der Waals surface area (Å²) >= 11 is 12.4. The van der Waals surface area contributed by atoms with Crippen molar-refractivity contribution < 1.29 is 4.39 Å². The van der Waals surface area contributed by atoms with Gasteiger partial charge >= 0.3 is 0 Å². The molecule has 108 valence electrons. The van der Waals surface area contributed by atoms with E-state index in [1.165, 1.54) is 12.1 Å². The van der Waals surface area contributed by atoms with Crippen molar-refractivity contribution in [1.29, 1.82) is 0 Å². The molecule has 0 aliphatic heterocycles. The summed E-state index contributed by atoms with van der Waals surface area (Å²) in [4.78, 5) is 4.53. The van der Waals surface area contributed by atoms with Crippen molar-refractivity contribution in [2.24, 2.45) is 0 Å². The molecule has 0 amide bonds. The maximum absolute atomic E-state index is 13.1. The minimum Gasteiger partial charge on any atom is -0.318 e. The zero-order chi connectivity index (χ0) is 15.0. The predicted molar refractivity (Wildman–Crippen MR) is 84.5 cm³/mol. The van der Waals surface area contributed by atoms with Crippen LogP contribution in [0.1, 0.15) is 24.4 Å². The fourth-order valence-corrected chi connectivity index (χ4v) is 3.01. The fourth-order valence-electron chi connectivity index (χ4n) is 2.56. The summed E-state index contributed by atoms with van der Waals surface area (Å²) in [7, 11) is 0. The number of hydrogen-bond acceptors (Lipinski definition) is 1. The Morgan fingerprint density at radius 3 is 2.57 bits per heavy atom. The van der Waals surface area contributed by atoms with Gasteiger partial charge in [0.1, 0.15) is 11.6 Å². The third-order valence-corrected chi connectivity index (χ3v) is 4.14. The van der Waals surface area contributed by atoms with Gasteiger partial charge in [-0.3, -0.25) is 0 Å². The van der Waals surface area contributed by atoms with Crippen LogP contribution < -0.4 is 0 Å². The molecule has 21 heavy (non-hydrogen) atoms. The van der Waals surface area contributed by atoms with Crippen LogP contribution in [0.2, 0.25) is 5.02 Å². The molecule has 3 rings (SSSR count). The van der Waals surface area contributed by atoms with Gasteiger partial charge in [-0.15, -0.1) is 11.6 Å². The van der Waals surface area contributed by atoms with Crippen molar-refractivity contribution in [3.8, 4) is 0 Å². The lowest BCUT2D eigenvalue weighted by molar-refractivity contribution is 0.614. The van der Waals surface area contributed by atoms with E-state index >= 15 is 0 Å². The second-order valence-electron chi connectivity index (χ2n) is 4.87. The molecule has 1 heterocycles. The lowest BCUT2D eigenvalue weighted by Gasteiger charge is -2.18. The summed E-state index contributed by atoms with van der Waals surface area (Å²) in [5.41, 5.74) is 2.64. The first-order valence-corrected chi connectivity index (χ1v) is 7.50. The number of fused-ring (bicyclic) bond motifs is 1. The Morgan fingerprint density at radius 2 is 1.90 bits per heavy atom. The average molecular weight is 323 g/mol. The van der Waals surface area contributed by atoms with Crippen LogP contribution in [0.4, 0.5) is 4.39 Å². The summed E-state index contributed by atoms with van der Waals surface area (Å²) < 4.78 is 15.1. The first-order chi connectivity index (χ1) is 10.1. The van der Waals surface area contributed by atoms with Crippen LogP contribution in [0, 0.1) is 5.82 Å². The monoisotopic (exact) mass is 322 g/mol. The molecule has 1 aromatic heterocycles. The molecule has 0 saturated carbocycles. The molecule has 5 heteroatoms. The van der Waals surface area contributed by atoms with Crippen molar-refractivity contribution in [3.05, 3.63) is 64.7 Å². The van der Waals surface area contributed by atoms with Crippen LogP contribution >= 0.6 is 23.2 Å². The first-order valence-electron chi connectivity index (χ1n) is 6.58. The molecule has 0 N–H and O–H groups in total. The first kappa shape index (κ1) is 14.4. The molecule has 0 aliphatic carbocycles. The van der Waals surface area contributed by atoms with Crippen LogP contribution in [0.3, 0.4) is 0 Å². The number of rotatable bonds is 3. The highest BCUT2D eigenvalue weighted by Gasteiger charge is 2.18. The minimum atomic E-state index is -0.253. The van der Waals surface area contributed by atoms with Gasteiger partial charge in [0.05, 0.1) is 28.0 Å². The highest BCUT2D eigenvalue weighted by molar-refractivity contribution is 6.35. The summed E-state index contributed by atoms with van der Waals surface area (Å²) in [6.07, 6.45) is 0. The standard InChI is InChI=1S/C16H13Cl2FN2/c1-10(11-5-7-12(19)8-6-11)21-15(9-17)20-14-4-2-3-13(18)16(14)21/h2-8,10H,9H2,1H3. The molecule has 2 aromatic carbocycles. The summed E-state index contributed by atoms with van der Waals surface area (Å²) in [6.45, 7) is 2.02. The van der Waals surface area contributed by atoms with Crippen molar-refractivity contribution in [2.75, 3.05) is 0 Å². The number of alkyl halides is 1. The number of hydrogen-bond donors (Lipinski definition) is 0. The molecule has 0 fully saturated rings. The van der Waals surface area contributed by atoms with Crippen molar-refractivity contribution >= 4 is 34.2 Å². The molecular weight excluding hydrogens is 310 g/mol. The highest BCUT2D eigenvalue weighted by atomic mass is 35.5. The Hall–Kier alpha value is -1.58. The number of nitrogens with zero attached hydrogens (tertiary/aromatic N) is 2. The van der Waals surface area contributed by atoms with Crippen molar-refractivity contribution in [3.63, 3.8) is 0 Å². The van der Waals surface area contributed by atoms with Gasteiger partial charge in [0.15, 0.2) is 0 Å². The van der Waals surface area contributed by atoms with Gasteiger partial charge in [-0.25, -0.2) is 9.37 Å². The van der Waals surface area contributed by atoms with Gasteiger partial charge in [-0.05, 0) is 36.8 Å². The second-order valence-corrected chi connectivity index (χ2v) is 5.54. The third kappa shape index (κ3) is 2.52. The molecule has 0 radical (unpaired) electrons. The van der Waals surface area contributed by atoms with Gasteiger partial charge < -0.3 is 4.57 Å². The van der Waals surface area contributed by atoms with E-state index in [0.29, 0.717) is 5.02 Å². The van der Waals surface area contributed by atoms with Crippen LogP contribution in [0.5, 0.6) is 0 Å². The second kappa shape index (κ2) is 5.66. The maximum Gasteiger partial charge on any atom is 0.125 e. The average Bonchev–Trinajstić information content (AvgIpc) is 2.87. The van der Waals surface area contributed by atoms with E-state index in [2.05, 4.69) is 4.98 Å². The summed E-state index contributed by atoms with van der Waals surface area (Å²) in [5.74, 6) is 0.782. The fraction of sp³-hybridized carbons (Fsp3) is 0.188. The number of aromatic nitrogens is 2. The van der Waals surface area contributed by atoms with Gasteiger partial charge in [0, 0.05) is 0 Å². The molecule has 0 aliphatic rings. The minimum absolute atomic E-state index is 0.0377. The Labute approximate surface area is 132 Å². The zero-order valence-electron chi connectivity index (χ0n) is 11.4. The maximum atomic E-state index is 13.1. The van der Waals surface area contributed by atoms with Crippen molar-refractivity contribution in [1.82, 2.24) is 9.55 Å². The normalized spacial score (nSPS) is 12.8. The summed E-state index contributed by atoms with van der Waals surface area (Å²) in [6, 6.07) is 12.0. The van der Waals surface area contributed by atoms with Crippen LogP contribution in [0.25, 0.3) is 11.0 Å². The third-order valence-electron chi connectivity index (χ3n) is 3.59. The van der Waals surface area contributed by atoms with Crippen LogP contribution in [-0.2, 0) is 5.88 Å². The molecule has 1 unspecified atom stereocenters. The van der Waals surface area contributed by atoms with Crippen LogP contribution in [0.15, 0.2) is 42.5 Å². The van der Waals surface area contributed by atoms with Crippen LogP contribution in [-0.4, -0.2) is 9.55 Å². The Bertz CT molecular complexity index is 781. The highest BCUT2D eigenvalue weighted by Crippen LogP contribution is 2.31. The molecule has 0 spiro atoms. The SMILES string of the molecule is CC(c1ccc(F)cc1)n1c(CCl)nc2cccc(Cl)c21. The zero-order valence-corrected chi connectivity index (χ0v) is 12.9. The molecule has 2 nitrogen and oxygen atoms in total. The smallest absolute Gasteiger partial charge is 0.125 e. The van der Waals surface area contributed by atoms with E-state index in [0.717, 1.165) is 22.4 Å². The largest absolute Gasteiger partial charge is 0.318 e. The van der Waals surface area contributed by atoms with E-state index in [4.69, 9.17) is 23.2 Å². The number of para-hydroxylation sites is 1. The number of imidazole rings is 1. The van der Waals surface area contributed by atoms with Gasteiger partial charge in [0.2, 0.25) is 0 Å². The quantitative estimate of drug-likeness (QED) is 0.608. The van der Waals surface area contributed by atoms with Gasteiger partial charge in [0.25, 0.3) is 0 Å². The Balaban J connectivity index is 2.20. The van der Waals surface area contributed by atoms with E-state index in [1.54, 1.807) is 12.1 Å². The topological polar surface area (TPSA) is 17.8 Å². The molecule has 0 bridgehead atoms. The lowest BCUT2D eigenvalue weighted by Crippen LogP contribution is -2.10. The van der Waals surface area contributed by atoms with E-state index < -0.39 is 0 Å². The summed E-state index contributed by atoms with van der Waals surface area (Å²) in [5, 5.41) is 0.630. The molecular formula is C16H13Cl2FN2. The number of benzene rings is 2. The van der Waals surface area contributed by atoms with Crippen molar-refractivity contribution in [2.45, 2.75) is 18.8 Å².